The highest BCUT2D eigenvalue weighted by molar-refractivity contribution is 5.69. The van der Waals surface area contributed by atoms with Crippen LogP contribution in [0.1, 0.15) is 26.7 Å². The molecule has 1 rings (SSSR count). The standard InChI is InChI=1S/C12H21NO3/c1-4-6-13(9-11(14)15)10-5-7-16-12(2,3)8-10/h4,10H,1,5-9H2,2-3H3,(H,14,15). The van der Waals surface area contributed by atoms with Crippen LogP contribution in [0, 0.1) is 0 Å². The molecule has 0 amide bonds. The van der Waals surface area contributed by atoms with Gasteiger partial charge >= 0.3 is 5.97 Å². The van der Waals surface area contributed by atoms with Gasteiger partial charge in [-0.3, -0.25) is 9.69 Å². The van der Waals surface area contributed by atoms with Crippen molar-refractivity contribution >= 4 is 5.97 Å². The van der Waals surface area contributed by atoms with Gasteiger partial charge in [0.25, 0.3) is 0 Å². The van der Waals surface area contributed by atoms with Crippen molar-refractivity contribution in [1.29, 1.82) is 0 Å². The lowest BCUT2D eigenvalue weighted by Gasteiger charge is -2.40. The molecule has 16 heavy (non-hydrogen) atoms. The quantitative estimate of drug-likeness (QED) is 0.723. The number of carbonyl (C=O) groups is 1. The molecule has 4 heteroatoms. The van der Waals surface area contributed by atoms with Crippen molar-refractivity contribution in [2.75, 3.05) is 19.7 Å². The molecule has 1 atom stereocenters. The third-order valence-electron chi connectivity index (χ3n) is 2.89. The number of carboxylic acids is 1. The van der Waals surface area contributed by atoms with Crippen LogP contribution in [-0.4, -0.2) is 47.3 Å². The lowest BCUT2D eigenvalue weighted by molar-refractivity contribution is -0.140. The first-order valence-corrected chi connectivity index (χ1v) is 5.65. The maximum atomic E-state index is 10.8. The van der Waals surface area contributed by atoms with Gasteiger partial charge in [0.1, 0.15) is 0 Å². The van der Waals surface area contributed by atoms with Crippen molar-refractivity contribution in [2.45, 2.75) is 38.3 Å². The summed E-state index contributed by atoms with van der Waals surface area (Å²) in [6.45, 7) is 9.16. The molecule has 0 bridgehead atoms. The van der Waals surface area contributed by atoms with Gasteiger partial charge in [0.15, 0.2) is 0 Å². The van der Waals surface area contributed by atoms with E-state index in [1.165, 1.54) is 0 Å². The molecule has 0 saturated carbocycles. The van der Waals surface area contributed by atoms with Crippen LogP contribution >= 0.6 is 0 Å². The molecule has 0 radical (unpaired) electrons. The highest BCUT2D eigenvalue weighted by Crippen LogP contribution is 2.27. The average molecular weight is 227 g/mol. The Kier molecular flexibility index (Phi) is 4.50. The highest BCUT2D eigenvalue weighted by atomic mass is 16.5. The molecule has 1 saturated heterocycles. The lowest BCUT2D eigenvalue weighted by Crippen LogP contribution is -2.47. The van der Waals surface area contributed by atoms with E-state index < -0.39 is 5.97 Å². The zero-order valence-electron chi connectivity index (χ0n) is 10.1. The van der Waals surface area contributed by atoms with E-state index in [-0.39, 0.29) is 18.2 Å². The number of hydrogen-bond donors (Lipinski definition) is 1. The molecule has 0 aromatic rings. The second-order valence-corrected chi connectivity index (χ2v) is 4.87. The Morgan fingerprint density at radius 2 is 2.38 bits per heavy atom. The number of rotatable bonds is 5. The van der Waals surface area contributed by atoms with Gasteiger partial charge in [-0.1, -0.05) is 6.08 Å². The van der Waals surface area contributed by atoms with Crippen molar-refractivity contribution in [1.82, 2.24) is 4.90 Å². The van der Waals surface area contributed by atoms with Crippen LogP contribution in [0.4, 0.5) is 0 Å². The summed E-state index contributed by atoms with van der Waals surface area (Å²) < 4.78 is 5.63. The molecule has 1 aliphatic heterocycles. The molecular weight excluding hydrogens is 206 g/mol. The van der Waals surface area contributed by atoms with E-state index in [1.54, 1.807) is 6.08 Å². The van der Waals surface area contributed by atoms with Crippen molar-refractivity contribution in [3.05, 3.63) is 12.7 Å². The first kappa shape index (κ1) is 13.2. The number of hydrogen-bond acceptors (Lipinski definition) is 3. The van der Waals surface area contributed by atoms with Crippen molar-refractivity contribution in [3.63, 3.8) is 0 Å². The number of nitrogens with zero attached hydrogens (tertiary/aromatic N) is 1. The molecule has 1 unspecified atom stereocenters. The molecule has 0 aromatic heterocycles. The minimum Gasteiger partial charge on any atom is -0.480 e. The van der Waals surface area contributed by atoms with Crippen LogP contribution in [-0.2, 0) is 9.53 Å². The van der Waals surface area contributed by atoms with Crippen LogP contribution < -0.4 is 0 Å². The fourth-order valence-corrected chi connectivity index (χ4v) is 2.19. The summed E-state index contributed by atoms with van der Waals surface area (Å²) in [4.78, 5) is 12.7. The maximum absolute atomic E-state index is 10.8. The Bertz CT molecular complexity index is 263. The molecule has 1 heterocycles. The fourth-order valence-electron chi connectivity index (χ4n) is 2.19. The van der Waals surface area contributed by atoms with Gasteiger partial charge < -0.3 is 9.84 Å². The number of aliphatic carboxylic acids is 1. The minimum absolute atomic E-state index is 0.0762. The Labute approximate surface area is 96.9 Å². The van der Waals surface area contributed by atoms with E-state index in [4.69, 9.17) is 9.84 Å². The predicted octanol–water partition coefficient (Wildman–Crippen LogP) is 1.52. The van der Waals surface area contributed by atoms with E-state index in [9.17, 15) is 4.79 Å². The molecule has 4 nitrogen and oxygen atoms in total. The number of carboxylic acid groups (broad SMARTS) is 1. The Balaban J connectivity index is 2.62. The zero-order chi connectivity index (χ0) is 12.2. The lowest BCUT2D eigenvalue weighted by atomic mass is 9.93. The SMILES string of the molecule is C=CCN(CC(=O)O)C1CCOC(C)(C)C1. The van der Waals surface area contributed by atoms with E-state index in [2.05, 4.69) is 6.58 Å². The normalized spacial score (nSPS) is 24.3. The Morgan fingerprint density at radius 1 is 1.69 bits per heavy atom. The van der Waals surface area contributed by atoms with Gasteiger partial charge in [-0.05, 0) is 26.7 Å². The second-order valence-electron chi connectivity index (χ2n) is 4.87. The molecule has 0 spiro atoms. The molecule has 92 valence electrons. The molecule has 1 aliphatic rings. The summed E-state index contributed by atoms with van der Waals surface area (Å²) in [5, 5.41) is 8.86. The minimum atomic E-state index is -0.786. The molecule has 0 aromatic carbocycles. The van der Waals surface area contributed by atoms with Crippen LogP contribution in [0.5, 0.6) is 0 Å². The summed E-state index contributed by atoms with van der Waals surface area (Å²) in [6.07, 6.45) is 3.52. The first-order valence-electron chi connectivity index (χ1n) is 5.65. The first-order chi connectivity index (χ1) is 7.44. The van der Waals surface area contributed by atoms with Crippen LogP contribution in [0.25, 0.3) is 0 Å². The third-order valence-corrected chi connectivity index (χ3v) is 2.89. The van der Waals surface area contributed by atoms with Crippen LogP contribution in [0.3, 0.4) is 0 Å². The van der Waals surface area contributed by atoms with Crippen LogP contribution in [0.15, 0.2) is 12.7 Å². The third kappa shape index (κ3) is 3.94. The van der Waals surface area contributed by atoms with Gasteiger partial charge in [0.05, 0.1) is 12.1 Å². The Hall–Kier alpha value is -0.870. The van der Waals surface area contributed by atoms with Gasteiger partial charge in [-0.2, -0.15) is 0 Å². The second kappa shape index (κ2) is 5.46. The summed E-state index contributed by atoms with van der Waals surface area (Å²) in [6, 6.07) is 0.276. The van der Waals surface area contributed by atoms with Crippen molar-refractivity contribution < 1.29 is 14.6 Å². The Morgan fingerprint density at radius 3 is 2.88 bits per heavy atom. The summed E-state index contributed by atoms with van der Waals surface area (Å²) in [5.41, 5.74) is -0.152. The van der Waals surface area contributed by atoms with E-state index in [0.717, 1.165) is 12.8 Å². The van der Waals surface area contributed by atoms with Gasteiger partial charge in [-0.25, -0.2) is 0 Å². The molecule has 1 N–H and O–H groups in total. The zero-order valence-corrected chi connectivity index (χ0v) is 10.1. The topological polar surface area (TPSA) is 49.8 Å². The van der Waals surface area contributed by atoms with E-state index in [0.29, 0.717) is 13.2 Å². The fraction of sp³-hybridized carbons (Fsp3) is 0.750. The largest absolute Gasteiger partial charge is 0.480 e. The predicted molar refractivity (Wildman–Crippen MR) is 62.5 cm³/mol. The summed E-state index contributed by atoms with van der Waals surface area (Å²) >= 11 is 0. The van der Waals surface area contributed by atoms with Gasteiger partial charge in [-0.15, -0.1) is 6.58 Å². The maximum Gasteiger partial charge on any atom is 0.317 e. The van der Waals surface area contributed by atoms with Crippen molar-refractivity contribution in [2.24, 2.45) is 0 Å². The monoisotopic (exact) mass is 227 g/mol. The van der Waals surface area contributed by atoms with E-state index >= 15 is 0 Å². The summed E-state index contributed by atoms with van der Waals surface area (Å²) in [5.74, 6) is -0.786. The molecule has 0 aliphatic carbocycles. The van der Waals surface area contributed by atoms with E-state index in [1.807, 2.05) is 18.7 Å². The van der Waals surface area contributed by atoms with Crippen molar-refractivity contribution in [3.8, 4) is 0 Å². The summed E-state index contributed by atoms with van der Waals surface area (Å²) in [7, 11) is 0. The highest BCUT2D eigenvalue weighted by Gasteiger charge is 2.32. The van der Waals surface area contributed by atoms with Gasteiger partial charge in [0, 0.05) is 19.2 Å². The molecular formula is C12H21NO3. The number of ether oxygens (including phenoxy) is 1. The molecule has 1 fully saturated rings. The van der Waals surface area contributed by atoms with Gasteiger partial charge in [0.2, 0.25) is 0 Å². The average Bonchev–Trinajstić information content (AvgIpc) is 2.15. The smallest absolute Gasteiger partial charge is 0.317 e. The van der Waals surface area contributed by atoms with Crippen LogP contribution in [0.2, 0.25) is 0 Å².